The lowest BCUT2D eigenvalue weighted by Gasteiger charge is -2.44. The van der Waals surface area contributed by atoms with Crippen molar-refractivity contribution < 1.29 is 9.47 Å². The molecule has 2 fully saturated rings. The highest BCUT2D eigenvalue weighted by atomic mass is 16.5. The van der Waals surface area contributed by atoms with Gasteiger partial charge in [-0.1, -0.05) is 6.07 Å². The van der Waals surface area contributed by atoms with Gasteiger partial charge in [0.1, 0.15) is 0 Å². The van der Waals surface area contributed by atoms with E-state index in [1.807, 2.05) is 6.92 Å². The van der Waals surface area contributed by atoms with Crippen LogP contribution in [0.5, 0.6) is 0 Å². The monoisotopic (exact) mass is 290 g/mol. The van der Waals surface area contributed by atoms with Gasteiger partial charge in [-0.2, -0.15) is 0 Å². The molecule has 3 rings (SSSR count). The molecule has 0 radical (unpaired) electrons. The van der Waals surface area contributed by atoms with Crippen molar-refractivity contribution in [1.82, 2.24) is 4.98 Å². The van der Waals surface area contributed by atoms with E-state index in [2.05, 4.69) is 24.0 Å². The van der Waals surface area contributed by atoms with Gasteiger partial charge in [0, 0.05) is 37.3 Å². The number of ether oxygens (including phenoxy) is 2. The van der Waals surface area contributed by atoms with Gasteiger partial charge in [-0.15, -0.1) is 0 Å². The zero-order chi connectivity index (χ0) is 14.9. The quantitative estimate of drug-likeness (QED) is 0.910. The first-order chi connectivity index (χ1) is 10.1. The molecule has 1 spiro atoms. The van der Waals surface area contributed by atoms with E-state index in [0.717, 1.165) is 56.9 Å². The fourth-order valence-electron chi connectivity index (χ4n) is 3.77. The van der Waals surface area contributed by atoms with E-state index in [9.17, 15) is 0 Å². The number of hydrogen-bond acceptors (Lipinski definition) is 4. The molecule has 2 aliphatic heterocycles. The van der Waals surface area contributed by atoms with Crippen molar-refractivity contribution in [2.24, 2.45) is 11.7 Å². The minimum Gasteiger partial charge on any atom is -0.381 e. The minimum atomic E-state index is 0.00478. The van der Waals surface area contributed by atoms with Gasteiger partial charge in [0.25, 0.3) is 0 Å². The van der Waals surface area contributed by atoms with Crippen molar-refractivity contribution in [3.05, 3.63) is 29.1 Å². The molecule has 21 heavy (non-hydrogen) atoms. The number of pyridine rings is 1. The van der Waals surface area contributed by atoms with Crippen LogP contribution in [0.1, 0.15) is 48.7 Å². The Morgan fingerprint density at radius 3 is 2.71 bits per heavy atom. The van der Waals surface area contributed by atoms with E-state index >= 15 is 0 Å². The molecule has 0 saturated carbocycles. The summed E-state index contributed by atoms with van der Waals surface area (Å²) in [7, 11) is 0. The lowest BCUT2D eigenvalue weighted by atomic mass is 9.76. The summed E-state index contributed by atoms with van der Waals surface area (Å²) >= 11 is 0. The van der Waals surface area contributed by atoms with Crippen LogP contribution in [0.2, 0.25) is 0 Å². The lowest BCUT2D eigenvalue weighted by molar-refractivity contribution is -0.149. The molecule has 116 valence electrons. The standard InChI is InChI=1S/C17H26N2O2/c1-12-3-4-15(13(2)19-12)16(18)14-5-8-21-17(11-14)6-9-20-10-7-17/h3-4,14,16H,5-11,18H2,1-2H3. The van der Waals surface area contributed by atoms with E-state index in [-0.39, 0.29) is 11.6 Å². The van der Waals surface area contributed by atoms with Gasteiger partial charge in [-0.25, -0.2) is 0 Å². The number of nitrogens with zero attached hydrogens (tertiary/aromatic N) is 1. The number of aryl methyl sites for hydroxylation is 2. The maximum absolute atomic E-state index is 6.58. The van der Waals surface area contributed by atoms with Crippen LogP contribution < -0.4 is 5.73 Å². The summed E-state index contributed by atoms with van der Waals surface area (Å²) in [6, 6.07) is 4.27. The van der Waals surface area contributed by atoms with Crippen LogP contribution in [-0.4, -0.2) is 30.4 Å². The molecule has 0 aliphatic carbocycles. The fourth-order valence-corrected chi connectivity index (χ4v) is 3.77. The van der Waals surface area contributed by atoms with E-state index in [0.29, 0.717) is 5.92 Å². The second kappa shape index (κ2) is 6.03. The number of nitrogens with two attached hydrogens (primary N) is 1. The van der Waals surface area contributed by atoms with Gasteiger partial charge in [0.15, 0.2) is 0 Å². The summed E-state index contributed by atoms with van der Waals surface area (Å²) in [5.74, 6) is 0.472. The molecule has 2 N–H and O–H groups in total. The lowest BCUT2D eigenvalue weighted by Crippen LogP contribution is -2.46. The van der Waals surface area contributed by atoms with Crippen LogP contribution in [-0.2, 0) is 9.47 Å². The van der Waals surface area contributed by atoms with E-state index in [1.54, 1.807) is 0 Å². The van der Waals surface area contributed by atoms with Crippen LogP contribution in [0.3, 0.4) is 0 Å². The molecule has 0 bridgehead atoms. The summed E-state index contributed by atoms with van der Waals surface area (Å²) in [4.78, 5) is 4.56. The molecule has 2 atom stereocenters. The summed E-state index contributed by atoms with van der Waals surface area (Å²) < 4.78 is 11.6. The number of hydrogen-bond donors (Lipinski definition) is 1. The molecule has 2 saturated heterocycles. The first-order valence-corrected chi connectivity index (χ1v) is 8.01. The average Bonchev–Trinajstić information content (AvgIpc) is 2.47. The average molecular weight is 290 g/mol. The molecule has 4 nitrogen and oxygen atoms in total. The summed E-state index contributed by atoms with van der Waals surface area (Å²) in [6.45, 7) is 6.52. The van der Waals surface area contributed by atoms with Crippen LogP contribution in [0.4, 0.5) is 0 Å². The summed E-state index contributed by atoms with van der Waals surface area (Å²) in [5, 5.41) is 0. The second-order valence-electron chi connectivity index (χ2n) is 6.55. The van der Waals surface area contributed by atoms with Crippen LogP contribution in [0.15, 0.2) is 12.1 Å². The van der Waals surface area contributed by atoms with Crippen molar-refractivity contribution >= 4 is 0 Å². The molecule has 2 aliphatic rings. The largest absolute Gasteiger partial charge is 0.381 e. The molecule has 0 aromatic carbocycles. The van der Waals surface area contributed by atoms with Crippen molar-refractivity contribution in [3.63, 3.8) is 0 Å². The number of aromatic nitrogens is 1. The zero-order valence-corrected chi connectivity index (χ0v) is 13.1. The molecular formula is C17H26N2O2. The Bertz CT molecular complexity index is 492. The van der Waals surface area contributed by atoms with Gasteiger partial charge in [0.2, 0.25) is 0 Å². The Kier molecular flexibility index (Phi) is 4.29. The molecular weight excluding hydrogens is 264 g/mol. The van der Waals surface area contributed by atoms with Gasteiger partial charge in [-0.3, -0.25) is 4.98 Å². The predicted octanol–water partition coefficient (Wildman–Crippen LogP) is 2.67. The fraction of sp³-hybridized carbons (Fsp3) is 0.706. The maximum Gasteiger partial charge on any atom is 0.0729 e. The Morgan fingerprint density at radius 2 is 2.00 bits per heavy atom. The molecule has 2 unspecified atom stereocenters. The van der Waals surface area contributed by atoms with Crippen molar-refractivity contribution in [1.29, 1.82) is 0 Å². The highest BCUT2D eigenvalue weighted by Gasteiger charge is 2.41. The molecule has 4 heteroatoms. The predicted molar refractivity (Wildman–Crippen MR) is 82.1 cm³/mol. The SMILES string of the molecule is Cc1ccc(C(N)C2CCOC3(CCOCC3)C2)c(C)n1. The van der Waals surface area contributed by atoms with Gasteiger partial charge >= 0.3 is 0 Å². The van der Waals surface area contributed by atoms with Gasteiger partial charge in [0.05, 0.1) is 5.60 Å². The second-order valence-corrected chi connectivity index (χ2v) is 6.55. The summed E-state index contributed by atoms with van der Waals surface area (Å²) in [5.41, 5.74) is 9.90. The summed E-state index contributed by atoms with van der Waals surface area (Å²) in [6.07, 6.45) is 4.09. The van der Waals surface area contributed by atoms with Crippen molar-refractivity contribution in [2.45, 2.75) is 51.2 Å². The van der Waals surface area contributed by atoms with Gasteiger partial charge < -0.3 is 15.2 Å². The third-order valence-electron chi connectivity index (χ3n) is 5.07. The normalized spacial score (nSPS) is 26.7. The maximum atomic E-state index is 6.58. The topological polar surface area (TPSA) is 57.4 Å². The third-order valence-corrected chi connectivity index (χ3v) is 5.07. The van der Waals surface area contributed by atoms with E-state index in [1.165, 1.54) is 5.56 Å². The molecule has 1 aromatic heterocycles. The Labute approximate surface area is 127 Å². The Hall–Kier alpha value is -0.970. The molecule has 0 amide bonds. The van der Waals surface area contributed by atoms with E-state index in [4.69, 9.17) is 15.2 Å². The van der Waals surface area contributed by atoms with Crippen molar-refractivity contribution in [3.8, 4) is 0 Å². The molecule has 1 aromatic rings. The van der Waals surface area contributed by atoms with E-state index < -0.39 is 0 Å². The number of rotatable bonds is 2. The first kappa shape index (κ1) is 14.9. The van der Waals surface area contributed by atoms with Gasteiger partial charge in [-0.05, 0) is 57.1 Å². The highest BCUT2D eigenvalue weighted by molar-refractivity contribution is 5.25. The zero-order valence-electron chi connectivity index (χ0n) is 13.1. The first-order valence-electron chi connectivity index (χ1n) is 8.01. The minimum absolute atomic E-state index is 0.00478. The third kappa shape index (κ3) is 3.12. The Balaban J connectivity index is 1.76. The molecule has 3 heterocycles. The smallest absolute Gasteiger partial charge is 0.0729 e. The van der Waals surface area contributed by atoms with Crippen LogP contribution in [0.25, 0.3) is 0 Å². The Morgan fingerprint density at radius 1 is 1.24 bits per heavy atom. The van der Waals surface area contributed by atoms with Crippen LogP contribution >= 0.6 is 0 Å². The highest BCUT2D eigenvalue weighted by Crippen LogP contribution is 2.41. The van der Waals surface area contributed by atoms with Crippen LogP contribution in [0, 0.1) is 19.8 Å². The van der Waals surface area contributed by atoms with Crippen molar-refractivity contribution in [2.75, 3.05) is 19.8 Å².